The van der Waals surface area contributed by atoms with Gasteiger partial charge in [-0.05, 0) is 37.2 Å². The Morgan fingerprint density at radius 1 is 1.09 bits per heavy atom. The first-order chi connectivity index (χ1) is 15.4. The molecular formula is C23H33N3O6. The zero-order chi connectivity index (χ0) is 23.3. The second-order valence-electron chi connectivity index (χ2n) is 7.99. The highest BCUT2D eigenvalue weighted by Gasteiger charge is 2.34. The number of benzene rings is 1. The average molecular weight is 448 g/mol. The number of carboxylic acid groups (broad SMARTS) is 1. The molecule has 0 bridgehead atoms. The lowest BCUT2D eigenvalue weighted by atomic mass is 9.83. The standard InChI is InChI=1S/C23H33N3O6/c1-26(20(21(28)29)18-12-6-3-7-13-18)22(24)25-23(30)32-15-9-8-14-31-19(27)16-17-10-4-2-5-11-17/h2,4-5,10-11,18,20H,3,6-9,12-16H2,1H3,(H,28,29)(H2,24,25,30). The number of carbonyl (C=O) groups is 3. The molecule has 1 atom stereocenters. The molecule has 9 nitrogen and oxygen atoms in total. The van der Waals surface area contributed by atoms with Crippen molar-refractivity contribution in [1.29, 1.82) is 5.41 Å². The van der Waals surface area contributed by atoms with Crippen molar-refractivity contribution in [1.82, 2.24) is 10.2 Å². The van der Waals surface area contributed by atoms with Crippen LogP contribution in [0.25, 0.3) is 0 Å². The molecule has 0 spiro atoms. The number of amides is 1. The quantitative estimate of drug-likeness (QED) is 0.217. The number of nitrogens with one attached hydrogen (secondary N) is 2. The first-order valence-corrected chi connectivity index (χ1v) is 11.1. The number of hydrogen-bond acceptors (Lipinski definition) is 6. The van der Waals surface area contributed by atoms with Crippen LogP contribution in [0.3, 0.4) is 0 Å². The number of ether oxygens (including phenoxy) is 2. The highest BCUT2D eigenvalue weighted by atomic mass is 16.5. The molecule has 1 aromatic carbocycles. The van der Waals surface area contributed by atoms with Gasteiger partial charge in [-0.15, -0.1) is 0 Å². The molecule has 0 aliphatic heterocycles. The Hall–Kier alpha value is -3.10. The summed E-state index contributed by atoms with van der Waals surface area (Å²) in [5.41, 5.74) is 0.888. The maximum atomic E-state index is 11.9. The number of nitrogens with zero attached hydrogens (tertiary/aromatic N) is 1. The molecule has 1 fully saturated rings. The van der Waals surface area contributed by atoms with Gasteiger partial charge in [-0.3, -0.25) is 15.5 Å². The minimum absolute atomic E-state index is 0.0472. The molecule has 0 heterocycles. The van der Waals surface area contributed by atoms with E-state index in [-0.39, 0.29) is 37.5 Å². The number of unbranched alkanes of at least 4 members (excludes halogenated alkanes) is 1. The van der Waals surface area contributed by atoms with Gasteiger partial charge in [0.15, 0.2) is 0 Å². The van der Waals surface area contributed by atoms with E-state index in [0.717, 1.165) is 37.7 Å². The van der Waals surface area contributed by atoms with Crippen LogP contribution in [0.2, 0.25) is 0 Å². The monoisotopic (exact) mass is 447 g/mol. The number of hydrogen-bond donors (Lipinski definition) is 3. The van der Waals surface area contributed by atoms with E-state index in [0.29, 0.717) is 12.8 Å². The zero-order valence-electron chi connectivity index (χ0n) is 18.5. The predicted octanol–water partition coefficient (Wildman–Crippen LogP) is 3.18. The molecule has 176 valence electrons. The van der Waals surface area contributed by atoms with Crippen molar-refractivity contribution in [2.45, 2.75) is 57.4 Å². The number of rotatable bonds is 10. The minimum Gasteiger partial charge on any atom is -0.480 e. The van der Waals surface area contributed by atoms with E-state index in [4.69, 9.17) is 14.9 Å². The van der Waals surface area contributed by atoms with Crippen LogP contribution in [0.15, 0.2) is 30.3 Å². The van der Waals surface area contributed by atoms with Gasteiger partial charge in [-0.1, -0.05) is 49.6 Å². The van der Waals surface area contributed by atoms with Gasteiger partial charge in [0.25, 0.3) is 0 Å². The highest BCUT2D eigenvalue weighted by molar-refractivity contribution is 5.94. The van der Waals surface area contributed by atoms with E-state index in [1.165, 1.54) is 11.9 Å². The SMILES string of the molecule is CN(C(=N)NC(=O)OCCCCOC(=O)Cc1ccccc1)C(C(=O)O)C1CCCCC1. The molecule has 1 aliphatic rings. The Kier molecular flexibility index (Phi) is 10.5. The first kappa shape index (κ1) is 25.2. The van der Waals surface area contributed by atoms with E-state index in [2.05, 4.69) is 5.32 Å². The molecular weight excluding hydrogens is 414 g/mol. The highest BCUT2D eigenvalue weighted by Crippen LogP contribution is 2.28. The Bertz CT molecular complexity index is 764. The summed E-state index contributed by atoms with van der Waals surface area (Å²) in [6.07, 6.45) is 5.09. The Morgan fingerprint density at radius 3 is 2.34 bits per heavy atom. The summed E-state index contributed by atoms with van der Waals surface area (Å²) >= 11 is 0. The Balaban J connectivity index is 1.61. The second-order valence-corrected chi connectivity index (χ2v) is 7.99. The maximum absolute atomic E-state index is 11.9. The van der Waals surface area contributed by atoms with E-state index in [1.54, 1.807) is 0 Å². The summed E-state index contributed by atoms with van der Waals surface area (Å²) in [4.78, 5) is 36.7. The second kappa shape index (κ2) is 13.3. The fraction of sp³-hybridized carbons (Fsp3) is 0.565. The number of guanidine groups is 1. The smallest absolute Gasteiger partial charge is 0.413 e. The molecule has 1 unspecified atom stereocenters. The summed E-state index contributed by atoms with van der Waals surface area (Å²) in [6.45, 7) is 0.334. The molecule has 9 heteroatoms. The van der Waals surface area contributed by atoms with Crippen LogP contribution in [0.4, 0.5) is 4.79 Å². The van der Waals surface area contributed by atoms with Crippen LogP contribution < -0.4 is 5.32 Å². The van der Waals surface area contributed by atoms with Crippen molar-refractivity contribution in [2.75, 3.05) is 20.3 Å². The molecule has 1 saturated carbocycles. The fourth-order valence-corrected chi connectivity index (χ4v) is 3.86. The third-order valence-electron chi connectivity index (χ3n) is 5.57. The lowest BCUT2D eigenvalue weighted by molar-refractivity contribution is -0.144. The van der Waals surface area contributed by atoms with Gasteiger partial charge in [0.1, 0.15) is 6.04 Å². The van der Waals surface area contributed by atoms with E-state index >= 15 is 0 Å². The summed E-state index contributed by atoms with van der Waals surface area (Å²) < 4.78 is 10.2. The summed E-state index contributed by atoms with van der Waals surface area (Å²) in [7, 11) is 1.50. The molecule has 0 radical (unpaired) electrons. The van der Waals surface area contributed by atoms with Crippen LogP contribution >= 0.6 is 0 Å². The largest absolute Gasteiger partial charge is 0.480 e. The van der Waals surface area contributed by atoms with Crippen molar-refractivity contribution in [3.05, 3.63) is 35.9 Å². The van der Waals surface area contributed by atoms with Crippen molar-refractivity contribution in [3.63, 3.8) is 0 Å². The molecule has 32 heavy (non-hydrogen) atoms. The fourth-order valence-electron chi connectivity index (χ4n) is 3.86. The summed E-state index contributed by atoms with van der Waals surface area (Å²) in [5.74, 6) is -1.66. The molecule has 3 N–H and O–H groups in total. The first-order valence-electron chi connectivity index (χ1n) is 11.1. The number of alkyl carbamates (subject to hydrolysis) is 1. The van der Waals surface area contributed by atoms with E-state index < -0.39 is 18.1 Å². The van der Waals surface area contributed by atoms with Gasteiger partial charge >= 0.3 is 18.0 Å². The zero-order valence-corrected chi connectivity index (χ0v) is 18.5. The Morgan fingerprint density at radius 2 is 1.72 bits per heavy atom. The molecule has 0 aromatic heterocycles. The maximum Gasteiger partial charge on any atom is 0.413 e. The lowest BCUT2D eigenvalue weighted by Gasteiger charge is -2.34. The van der Waals surface area contributed by atoms with Crippen LogP contribution in [0, 0.1) is 11.3 Å². The van der Waals surface area contributed by atoms with Crippen molar-refractivity contribution in [3.8, 4) is 0 Å². The minimum atomic E-state index is -0.999. The normalized spacial score (nSPS) is 14.8. The number of esters is 1. The number of likely N-dealkylation sites (N-methyl/N-ethyl adjacent to an activating group) is 1. The molecule has 0 saturated heterocycles. The van der Waals surface area contributed by atoms with Gasteiger partial charge in [-0.2, -0.15) is 0 Å². The third-order valence-corrected chi connectivity index (χ3v) is 5.57. The van der Waals surface area contributed by atoms with Gasteiger partial charge < -0.3 is 19.5 Å². The topological polar surface area (TPSA) is 129 Å². The molecule has 2 rings (SSSR count). The van der Waals surface area contributed by atoms with Crippen molar-refractivity contribution < 1.29 is 29.0 Å². The van der Waals surface area contributed by atoms with Gasteiger partial charge in [0.05, 0.1) is 19.6 Å². The van der Waals surface area contributed by atoms with Crippen molar-refractivity contribution >= 4 is 24.0 Å². The average Bonchev–Trinajstić information content (AvgIpc) is 2.77. The molecule has 1 aliphatic carbocycles. The van der Waals surface area contributed by atoms with Crippen LogP contribution in [-0.4, -0.2) is 60.3 Å². The van der Waals surface area contributed by atoms with E-state index in [1.807, 2.05) is 30.3 Å². The predicted molar refractivity (Wildman–Crippen MR) is 118 cm³/mol. The van der Waals surface area contributed by atoms with Crippen LogP contribution in [0.1, 0.15) is 50.5 Å². The lowest BCUT2D eigenvalue weighted by Crippen LogP contribution is -2.52. The summed E-state index contributed by atoms with van der Waals surface area (Å²) in [5, 5.41) is 19.9. The number of carboxylic acids is 1. The van der Waals surface area contributed by atoms with Gasteiger partial charge in [-0.25, -0.2) is 9.59 Å². The van der Waals surface area contributed by atoms with Crippen LogP contribution in [0.5, 0.6) is 0 Å². The number of aliphatic carboxylic acids is 1. The van der Waals surface area contributed by atoms with Crippen LogP contribution in [-0.2, 0) is 25.5 Å². The molecule has 1 aromatic rings. The van der Waals surface area contributed by atoms with E-state index in [9.17, 15) is 19.5 Å². The number of carbonyl (C=O) groups excluding carboxylic acids is 2. The summed E-state index contributed by atoms with van der Waals surface area (Å²) in [6, 6.07) is 8.47. The van der Waals surface area contributed by atoms with Gasteiger partial charge in [0.2, 0.25) is 5.96 Å². The molecule has 1 amide bonds. The Labute approximate surface area is 188 Å². The third kappa shape index (κ3) is 8.56. The van der Waals surface area contributed by atoms with Gasteiger partial charge in [0, 0.05) is 7.05 Å². The van der Waals surface area contributed by atoms with Crippen molar-refractivity contribution in [2.24, 2.45) is 5.92 Å².